The molecule has 7 heteroatoms. The first kappa shape index (κ1) is 16.6. The van der Waals surface area contributed by atoms with Gasteiger partial charge in [0.15, 0.2) is 0 Å². The van der Waals surface area contributed by atoms with E-state index < -0.39 is 0 Å². The minimum absolute atomic E-state index is 0.0810. The number of amides is 2. The molecule has 0 aromatic carbocycles. The van der Waals surface area contributed by atoms with E-state index in [0.717, 1.165) is 25.9 Å². The number of rotatable bonds is 5. The fourth-order valence-corrected chi connectivity index (χ4v) is 3.30. The molecule has 1 saturated heterocycles. The van der Waals surface area contributed by atoms with Crippen LogP contribution in [0.5, 0.6) is 0 Å². The molecule has 0 unspecified atom stereocenters. The molecule has 2 N–H and O–H groups in total. The van der Waals surface area contributed by atoms with Crippen molar-refractivity contribution in [2.45, 2.75) is 25.4 Å². The summed E-state index contributed by atoms with van der Waals surface area (Å²) in [4.78, 5) is 29.0. The zero-order chi connectivity index (χ0) is 16.8. The molecule has 3 rings (SSSR count). The Morgan fingerprint density at radius 1 is 1.21 bits per heavy atom. The van der Waals surface area contributed by atoms with Gasteiger partial charge in [0.1, 0.15) is 4.88 Å². The quantitative estimate of drug-likeness (QED) is 0.873. The molecule has 2 aromatic rings. The number of carbonyl (C=O) groups is 2. The van der Waals surface area contributed by atoms with E-state index in [1.807, 2.05) is 0 Å². The van der Waals surface area contributed by atoms with Gasteiger partial charge in [0, 0.05) is 31.1 Å². The van der Waals surface area contributed by atoms with Gasteiger partial charge in [0.2, 0.25) is 0 Å². The molecule has 1 fully saturated rings. The zero-order valence-corrected chi connectivity index (χ0v) is 14.0. The lowest BCUT2D eigenvalue weighted by molar-refractivity contribution is 0.0169. The van der Waals surface area contributed by atoms with Crippen LogP contribution in [0, 0.1) is 0 Å². The van der Waals surface area contributed by atoms with Gasteiger partial charge < -0.3 is 15.4 Å². The first-order valence-electron chi connectivity index (χ1n) is 7.92. The van der Waals surface area contributed by atoms with Gasteiger partial charge in [0.25, 0.3) is 11.8 Å². The van der Waals surface area contributed by atoms with Crippen molar-refractivity contribution in [2.75, 3.05) is 18.5 Å². The summed E-state index contributed by atoms with van der Waals surface area (Å²) >= 11 is 1.30. The van der Waals surface area contributed by atoms with Crippen molar-refractivity contribution in [3.63, 3.8) is 0 Å². The van der Waals surface area contributed by atoms with Crippen molar-refractivity contribution in [3.05, 3.63) is 46.4 Å². The van der Waals surface area contributed by atoms with Crippen LogP contribution in [0.4, 0.5) is 5.69 Å². The molecular formula is C17H19N3O3S. The van der Waals surface area contributed by atoms with Crippen LogP contribution < -0.4 is 10.6 Å². The number of nitrogens with one attached hydrogen (secondary N) is 2. The molecule has 0 aliphatic carbocycles. The Balaban J connectivity index is 1.59. The number of hydrogen-bond acceptors (Lipinski definition) is 5. The van der Waals surface area contributed by atoms with E-state index in [4.69, 9.17) is 4.74 Å². The molecule has 2 aromatic heterocycles. The van der Waals surface area contributed by atoms with Crippen LogP contribution in [0.2, 0.25) is 0 Å². The van der Waals surface area contributed by atoms with E-state index in [1.165, 1.54) is 11.3 Å². The Morgan fingerprint density at radius 2 is 2.04 bits per heavy atom. The van der Waals surface area contributed by atoms with E-state index >= 15 is 0 Å². The van der Waals surface area contributed by atoms with Gasteiger partial charge in [-0.1, -0.05) is 0 Å². The Labute approximate surface area is 144 Å². The molecule has 0 bridgehead atoms. The van der Waals surface area contributed by atoms with Crippen molar-refractivity contribution < 1.29 is 14.3 Å². The Morgan fingerprint density at radius 3 is 2.79 bits per heavy atom. The number of thiophene rings is 1. The zero-order valence-electron chi connectivity index (χ0n) is 13.2. The fourth-order valence-electron chi connectivity index (χ4n) is 2.54. The summed E-state index contributed by atoms with van der Waals surface area (Å²) in [5, 5.41) is 7.46. The van der Waals surface area contributed by atoms with Crippen LogP contribution in [0.25, 0.3) is 0 Å². The topological polar surface area (TPSA) is 80.3 Å². The number of ether oxygens (including phenoxy) is 1. The fraction of sp³-hybridized carbons (Fsp3) is 0.353. The van der Waals surface area contributed by atoms with E-state index in [1.54, 1.807) is 36.0 Å². The minimum atomic E-state index is -0.263. The smallest absolute Gasteiger partial charge is 0.263 e. The summed E-state index contributed by atoms with van der Waals surface area (Å²) in [6.45, 7) is 1.25. The van der Waals surface area contributed by atoms with E-state index in [9.17, 15) is 9.59 Å². The highest BCUT2D eigenvalue weighted by atomic mass is 32.1. The normalized spacial score (nSPS) is 17.2. The SMILES string of the molecule is O=C(Nc1ccsc1C(=O)NC[C@H]1CCCCO1)c1ccncc1. The summed E-state index contributed by atoms with van der Waals surface area (Å²) in [5.41, 5.74) is 1.02. The maximum Gasteiger partial charge on any atom is 0.263 e. The summed E-state index contributed by atoms with van der Waals surface area (Å²) in [7, 11) is 0. The molecule has 6 nitrogen and oxygen atoms in total. The van der Waals surface area contributed by atoms with E-state index in [2.05, 4.69) is 15.6 Å². The van der Waals surface area contributed by atoms with Gasteiger partial charge in [-0.2, -0.15) is 0 Å². The second-order valence-electron chi connectivity index (χ2n) is 5.55. The van der Waals surface area contributed by atoms with Crippen LogP contribution in [0.3, 0.4) is 0 Å². The largest absolute Gasteiger partial charge is 0.376 e. The van der Waals surface area contributed by atoms with Gasteiger partial charge in [-0.05, 0) is 42.8 Å². The summed E-state index contributed by atoms with van der Waals surface area (Å²) in [6.07, 6.45) is 6.38. The second kappa shape index (κ2) is 8.03. The third-order valence-corrected chi connectivity index (χ3v) is 4.74. The molecule has 0 saturated carbocycles. The number of pyridine rings is 1. The lowest BCUT2D eigenvalue weighted by Crippen LogP contribution is -2.35. The number of aromatic nitrogens is 1. The van der Waals surface area contributed by atoms with Crippen LogP contribution in [-0.2, 0) is 4.74 Å². The van der Waals surface area contributed by atoms with Gasteiger partial charge in [-0.3, -0.25) is 14.6 Å². The molecule has 126 valence electrons. The highest BCUT2D eigenvalue weighted by Gasteiger charge is 2.19. The molecular weight excluding hydrogens is 326 g/mol. The average Bonchev–Trinajstić information content (AvgIpc) is 3.09. The van der Waals surface area contributed by atoms with Crippen LogP contribution >= 0.6 is 11.3 Å². The van der Waals surface area contributed by atoms with Crippen molar-refractivity contribution >= 4 is 28.8 Å². The Bertz CT molecular complexity index is 696. The third kappa shape index (κ3) is 4.18. The maximum absolute atomic E-state index is 12.4. The predicted molar refractivity (Wildman–Crippen MR) is 92.4 cm³/mol. The number of hydrogen-bond donors (Lipinski definition) is 2. The second-order valence-corrected chi connectivity index (χ2v) is 6.47. The number of carbonyl (C=O) groups excluding carboxylic acids is 2. The van der Waals surface area contributed by atoms with Gasteiger partial charge >= 0.3 is 0 Å². The first-order valence-corrected chi connectivity index (χ1v) is 8.80. The lowest BCUT2D eigenvalue weighted by Gasteiger charge is -2.22. The molecule has 1 aliphatic rings. The molecule has 2 amide bonds. The minimum Gasteiger partial charge on any atom is -0.376 e. The number of nitrogens with zero attached hydrogens (tertiary/aromatic N) is 1. The lowest BCUT2D eigenvalue weighted by atomic mass is 10.1. The molecule has 3 heterocycles. The summed E-state index contributed by atoms with van der Waals surface area (Å²) in [6, 6.07) is 4.99. The average molecular weight is 345 g/mol. The van der Waals surface area contributed by atoms with Crippen molar-refractivity contribution in [3.8, 4) is 0 Å². The summed E-state index contributed by atoms with van der Waals surface area (Å²) < 4.78 is 5.61. The monoisotopic (exact) mass is 345 g/mol. The molecule has 1 aliphatic heterocycles. The molecule has 24 heavy (non-hydrogen) atoms. The van der Waals surface area contributed by atoms with Gasteiger partial charge in [0.05, 0.1) is 11.8 Å². The van der Waals surface area contributed by atoms with Crippen LogP contribution in [0.1, 0.15) is 39.3 Å². The van der Waals surface area contributed by atoms with Crippen molar-refractivity contribution in [1.82, 2.24) is 10.3 Å². The molecule has 1 atom stereocenters. The highest BCUT2D eigenvalue weighted by molar-refractivity contribution is 7.12. The molecule has 0 radical (unpaired) electrons. The van der Waals surface area contributed by atoms with Gasteiger partial charge in [-0.15, -0.1) is 11.3 Å². The van der Waals surface area contributed by atoms with Gasteiger partial charge in [-0.25, -0.2) is 0 Å². The highest BCUT2D eigenvalue weighted by Crippen LogP contribution is 2.23. The predicted octanol–water partition coefficient (Wildman–Crippen LogP) is 2.69. The van der Waals surface area contributed by atoms with Crippen molar-refractivity contribution in [1.29, 1.82) is 0 Å². The van der Waals surface area contributed by atoms with Crippen LogP contribution in [-0.4, -0.2) is 36.1 Å². The molecule has 0 spiro atoms. The number of anilines is 1. The van der Waals surface area contributed by atoms with E-state index in [-0.39, 0.29) is 17.9 Å². The van der Waals surface area contributed by atoms with E-state index in [0.29, 0.717) is 22.7 Å². The third-order valence-electron chi connectivity index (χ3n) is 3.83. The Kier molecular flexibility index (Phi) is 5.55. The summed E-state index contributed by atoms with van der Waals surface area (Å²) in [5.74, 6) is -0.454. The first-order chi connectivity index (χ1) is 11.7. The maximum atomic E-state index is 12.4. The van der Waals surface area contributed by atoms with Crippen molar-refractivity contribution in [2.24, 2.45) is 0 Å². The standard InChI is InChI=1S/C17H19N3O3S/c21-16(12-4-7-18-8-5-12)20-14-6-10-24-15(14)17(22)19-11-13-3-1-2-9-23-13/h4-8,10,13H,1-3,9,11H2,(H,19,22)(H,20,21)/t13-/m1/s1. The Hall–Kier alpha value is -2.25. The van der Waals surface area contributed by atoms with Crippen LogP contribution in [0.15, 0.2) is 36.0 Å².